The molecule has 3 N–H and O–H groups in total. The summed E-state index contributed by atoms with van der Waals surface area (Å²) in [4.78, 5) is 13.9. The van der Waals surface area contributed by atoms with Crippen molar-refractivity contribution in [1.82, 2.24) is 10.2 Å². The molecule has 94 valence electrons. The molecule has 0 aromatic heterocycles. The second-order valence-electron chi connectivity index (χ2n) is 4.44. The van der Waals surface area contributed by atoms with Crippen LogP contribution in [0.25, 0.3) is 0 Å². The minimum atomic E-state index is -0.161. The second-order valence-corrected chi connectivity index (χ2v) is 4.44. The molecule has 1 saturated heterocycles. The summed E-state index contributed by atoms with van der Waals surface area (Å²) < 4.78 is 5.08. The Morgan fingerprint density at radius 1 is 1.56 bits per heavy atom. The molecule has 0 aliphatic carbocycles. The van der Waals surface area contributed by atoms with Crippen molar-refractivity contribution in [1.29, 1.82) is 0 Å². The zero-order valence-corrected chi connectivity index (χ0v) is 10.2. The quantitative estimate of drug-likeness (QED) is 0.671. The number of nitrogens with one attached hydrogen (secondary N) is 1. The van der Waals surface area contributed by atoms with Crippen LogP contribution in [0.2, 0.25) is 0 Å². The second kappa shape index (κ2) is 6.83. The van der Waals surface area contributed by atoms with Gasteiger partial charge in [-0.1, -0.05) is 0 Å². The number of rotatable bonds is 5. The molecule has 1 aliphatic heterocycles. The SMILES string of the molecule is COC(CN)CC(=O)NC1CCN(C)CC1. The third-order valence-corrected chi connectivity index (χ3v) is 3.09. The van der Waals surface area contributed by atoms with Crippen LogP contribution in [0.5, 0.6) is 0 Å². The van der Waals surface area contributed by atoms with Gasteiger partial charge in [-0.2, -0.15) is 0 Å². The number of nitrogens with zero attached hydrogens (tertiary/aromatic N) is 1. The number of likely N-dealkylation sites (tertiary alicyclic amines) is 1. The predicted octanol–water partition coefficient (Wildman–Crippen LogP) is -0.439. The smallest absolute Gasteiger partial charge is 0.222 e. The van der Waals surface area contributed by atoms with Crippen molar-refractivity contribution in [3.63, 3.8) is 0 Å². The molecule has 0 spiro atoms. The molecule has 0 aromatic carbocycles. The van der Waals surface area contributed by atoms with Crippen LogP contribution < -0.4 is 11.1 Å². The summed E-state index contributed by atoms with van der Waals surface area (Å²) in [7, 11) is 3.69. The van der Waals surface area contributed by atoms with Crippen LogP contribution in [0.3, 0.4) is 0 Å². The Labute approximate surface area is 97.3 Å². The van der Waals surface area contributed by atoms with E-state index in [1.54, 1.807) is 7.11 Å². The number of hydrogen-bond acceptors (Lipinski definition) is 4. The van der Waals surface area contributed by atoms with Gasteiger partial charge in [0.05, 0.1) is 12.5 Å². The fourth-order valence-electron chi connectivity index (χ4n) is 1.91. The molecule has 0 radical (unpaired) electrons. The zero-order chi connectivity index (χ0) is 12.0. The monoisotopic (exact) mass is 229 g/mol. The Kier molecular flexibility index (Phi) is 5.73. The van der Waals surface area contributed by atoms with E-state index in [-0.39, 0.29) is 12.0 Å². The maximum absolute atomic E-state index is 11.7. The maximum Gasteiger partial charge on any atom is 0.222 e. The third-order valence-electron chi connectivity index (χ3n) is 3.09. The highest BCUT2D eigenvalue weighted by molar-refractivity contribution is 5.76. The van der Waals surface area contributed by atoms with Crippen molar-refractivity contribution in [3.8, 4) is 0 Å². The van der Waals surface area contributed by atoms with E-state index in [4.69, 9.17) is 10.5 Å². The van der Waals surface area contributed by atoms with Crippen LogP contribution in [-0.2, 0) is 9.53 Å². The Bertz CT molecular complexity index is 211. The molecule has 1 aliphatic rings. The van der Waals surface area contributed by atoms with Crippen LogP contribution in [0.15, 0.2) is 0 Å². The predicted molar refractivity (Wildman–Crippen MR) is 63.1 cm³/mol. The average Bonchev–Trinajstić information content (AvgIpc) is 2.29. The summed E-state index contributed by atoms with van der Waals surface area (Å²) in [6.45, 7) is 2.49. The minimum absolute atomic E-state index is 0.0480. The lowest BCUT2D eigenvalue weighted by Crippen LogP contribution is -2.44. The third kappa shape index (κ3) is 4.47. The summed E-state index contributed by atoms with van der Waals surface area (Å²) in [6, 6.07) is 0.319. The van der Waals surface area contributed by atoms with Crippen molar-refractivity contribution in [2.75, 3.05) is 33.8 Å². The molecule has 1 atom stereocenters. The van der Waals surface area contributed by atoms with Crippen molar-refractivity contribution in [2.45, 2.75) is 31.4 Å². The molecule has 0 bridgehead atoms. The van der Waals surface area contributed by atoms with Gasteiger partial charge in [0.2, 0.25) is 5.91 Å². The highest BCUT2D eigenvalue weighted by Crippen LogP contribution is 2.08. The normalized spacial score (nSPS) is 20.7. The Hall–Kier alpha value is -0.650. The van der Waals surface area contributed by atoms with Gasteiger partial charge in [0, 0.05) is 19.7 Å². The van der Waals surface area contributed by atoms with Gasteiger partial charge < -0.3 is 20.7 Å². The molecule has 16 heavy (non-hydrogen) atoms. The van der Waals surface area contributed by atoms with Crippen LogP contribution in [0, 0.1) is 0 Å². The zero-order valence-electron chi connectivity index (χ0n) is 10.2. The van der Waals surface area contributed by atoms with E-state index in [2.05, 4.69) is 17.3 Å². The largest absolute Gasteiger partial charge is 0.380 e. The molecule has 5 nitrogen and oxygen atoms in total. The lowest BCUT2D eigenvalue weighted by Gasteiger charge is -2.29. The van der Waals surface area contributed by atoms with Crippen LogP contribution >= 0.6 is 0 Å². The average molecular weight is 229 g/mol. The molecule has 1 fully saturated rings. The molecule has 1 rings (SSSR count). The summed E-state index contributed by atoms with van der Waals surface area (Å²) in [5, 5.41) is 3.04. The first kappa shape index (κ1) is 13.4. The molecule has 5 heteroatoms. The van der Waals surface area contributed by atoms with E-state index < -0.39 is 0 Å². The first-order valence-electron chi connectivity index (χ1n) is 5.86. The lowest BCUT2D eigenvalue weighted by molar-refractivity contribution is -0.124. The molecule has 1 amide bonds. The highest BCUT2D eigenvalue weighted by atomic mass is 16.5. The number of carbonyl (C=O) groups excluding carboxylic acids is 1. The van der Waals surface area contributed by atoms with Gasteiger partial charge in [0.15, 0.2) is 0 Å². The minimum Gasteiger partial charge on any atom is -0.380 e. The molecule has 1 unspecified atom stereocenters. The fraction of sp³-hybridized carbons (Fsp3) is 0.909. The number of piperidine rings is 1. The summed E-state index contributed by atoms with van der Waals surface area (Å²) >= 11 is 0. The van der Waals surface area contributed by atoms with Gasteiger partial charge >= 0.3 is 0 Å². The summed E-state index contributed by atoms with van der Waals surface area (Å²) in [5.41, 5.74) is 5.47. The number of amides is 1. The van der Waals surface area contributed by atoms with E-state index in [0.29, 0.717) is 19.0 Å². The number of methoxy groups -OCH3 is 1. The fourth-order valence-corrected chi connectivity index (χ4v) is 1.91. The van der Waals surface area contributed by atoms with Crippen molar-refractivity contribution >= 4 is 5.91 Å². The number of nitrogens with two attached hydrogens (primary N) is 1. The Morgan fingerprint density at radius 2 is 2.19 bits per heavy atom. The first-order valence-corrected chi connectivity index (χ1v) is 5.86. The number of ether oxygens (including phenoxy) is 1. The van der Waals surface area contributed by atoms with Crippen LogP contribution in [0.4, 0.5) is 0 Å². The van der Waals surface area contributed by atoms with Gasteiger partial charge in [-0.15, -0.1) is 0 Å². The van der Waals surface area contributed by atoms with Gasteiger partial charge in [-0.05, 0) is 33.0 Å². The Balaban J connectivity index is 2.23. The summed E-state index contributed by atoms with van der Waals surface area (Å²) in [5.74, 6) is 0.0480. The van der Waals surface area contributed by atoms with Crippen molar-refractivity contribution < 1.29 is 9.53 Å². The van der Waals surface area contributed by atoms with E-state index in [9.17, 15) is 4.79 Å². The molecular weight excluding hydrogens is 206 g/mol. The number of carbonyl (C=O) groups is 1. The van der Waals surface area contributed by atoms with E-state index in [0.717, 1.165) is 25.9 Å². The van der Waals surface area contributed by atoms with E-state index in [1.807, 2.05) is 0 Å². The van der Waals surface area contributed by atoms with Crippen molar-refractivity contribution in [3.05, 3.63) is 0 Å². The van der Waals surface area contributed by atoms with Gasteiger partial charge in [-0.25, -0.2) is 0 Å². The lowest BCUT2D eigenvalue weighted by atomic mass is 10.1. The standard InChI is InChI=1S/C11H23N3O2/c1-14-5-3-9(4-6-14)13-11(15)7-10(8-12)16-2/h9-10H,3-8,12H2,1-2H3,(H,13,15). The Morgan fingerprint density at radius 3 is 2.69 bits per heavy atom. The van der Waals surface area contributed by atoms with Gasteiger partial charge in [0.1, 0.15) is 0 Å². The van der Waals surface area contributed by atoms with Gasteiger partial charge in [0.25, 0.3) is 0 Å². The molecular formula is C11H23N3O2. The first-order chi connectivity index (χ1) is 7.65. The van der Waals surface area contributed by atoms with E-state index >= 15 is 0 Å². The topological polar surface area (TPSA) is 67.6 Å². The van der Waals surface area contributed by atoms with E-state index in [1.165, 1.54) is 0 Å². The molecule has 0 saturated carbocycles. The van der Waals surface area contributed by atoms with Crippen LogP contribution in [-0.4, -0.2) is 56.7 Å². The number of hydrogen-bond donors (Lipinski definition) is 2. The maximum atomic E-state index is 11.7. The van der Waals surface area contributed by atoms with Gasteiger partial charge in [-0.3, -0.25) is 4.79 Å². The molecule has 0 aromatic rings. The van der Waals surface area contributed by atoms with Crippen molar-refractivity contribution in [2.24, 2.45) is 5.73 Å². The highest BCUT2D eigenvalue weighted by Gasteiger charge is 2.19. The van der Waals surface area contributed by atoms with Crippen LogP contribution in [0.1, 0.15) is 19.3 Å². The molecule has 1 heterocycles. The summed E-state index contributed by atoms with van der Waals surface area (Å²) in [6.07, 6.45) is 2.26.